The molecule has 1 saturated heterocycles. The van der Waals surface area contributed by atoms with Gasteiger partial charge in [-0.05, 0) is 91.4 Å². The molecule has 1 spiro atoms. The van der Waals surface area contributed by atoms with E-state index in [1.165, 1.54) is 18.2 Å². The Labute approximate surface area is 303 Å². The Hall–Kier alpha value is -5.75. The van der Waals surface area contributed by atoms with Gasteiger partial charge in [-0.2, -0.15) is 4.98 Å². The molecule has 5 aromatic rings. The van der Waals surface area contributed by atoms with Crippen LogP contribution in [0.15, 0.2) is 102 Å². The minimum atomic E-state index is -4.15. The molecule has 2 amide bonds. The summed E-state index contributed by atoms with van der Waals surface area (Å²) in [7, 11) is -2.53. The molecule has 0 radical (unpaired) electrons. The number of aromatic nitrogens is 2. The van der Waals surface area contributed by atoms with E-state index in [2.05, 4.69) is 20.0 Å². The number of rotatable bonds is 4. The van der Waals surface area contributed by atoms with Crippen LogP contribution in [0.4, 0.5) is 5.95 Å². The summed E-state index contributed by atoms with van der Waals surface area (Å²) in [6.45, 7) is 5.23. The molecule has 0 saturated carbocycles. The molecule has 52 heavy (non-hydrogen) atoms. The molecule has 0 unspecified atom stereocenters. The zero-order valence-electron chi connectivity index (χ0n) is 29.2. The number of carbonyl (C=O) groups is 2. The number of ether oxygens (including phenoxy) is 2. The van der Waals surface area contributed by atoms with Crippen molar-refractivity contribution < 1.29 is 27.5 Å². The Morgan fingerprint density at radius 3 is 2.27 bits per heavy atom. The summed E-state index contributed by atoms with van der Waals surface area (Å²) in [5.41, 5.74) is 5.38. The maximum Gasteiger partial charge on any atom is 0.264 e. The lowest BCUT2D eigenvalue weighted by molar-refractivity contribution is 0.0395. The Morgan fingerprint density at radius 2 is 1.52 bits per heavy atom. The molecule has 0 aliphatic carbocycles. The highest BCUT2D eigenvalue weighted by molar-refractivity contribution is 7.92. The van der Waals surface area contributed by atoms with Crippen LogP contribution in [0, 0.1) is 19.3 Å². The molecule has 2 N–H and O–H groups in total. The second-order valence-electron chi connectivity index (χ2n) is 13.4. The first-order chi connectivity index (χ1) is 25.0. The fourth-order valence-electron chi connectivity index (χ4n) is 6.84. The topological polar surface area (TPSA) is 140 Å². The fourth-order valence-corrected chi connectivity index (χ4v) is 7.83. The van der Waals surface area contributed by atoms with Crippen LogP contribution in [-0.2, 0) is 10.0 Å². The van der Waals surface area contributed by atoms with Crippen molar-refractivity contribution in [1.82, 2.24) is 20.2 Å². The van der Waals surface area contributed by atoms with E-state index in [1.807, 2.05) is 85.5 Å². The molecule has 12 heteroatoms. The predicted molar refractivity (Wildman–Crippen MR) is 198 cm³/mol. The van der Waals surface area contributed by atoms with Crippen molar-refractivity contribution in [3.8, 4) is 34.0 Å². The largest absolute Gasteiger partial charge is 0.497 e. The highest BCUT2D eigenvalue weighted by Gasteiger charge is 2.38. The van der Waals surface area contributed by atoms with E-state index in [0.717, 1.165) is 33.6 Å². The number of anilines is 1. The van der Waals surface area contributed by atoms with Crippen LogP contribution in [0.1, 0.15) is 44.7 Å². The van der Waals surface area contributed by atoms with Gasteiger partial charge in [-0.25, -0.2) is 18.1 Å². The molecule has 11 nitrogen and oxygen atoms in total. The summed E-state index contributed by atoms with van der Waals surface area (Å²) < 4.78 is 41.2. The Kier molecular flexibility index (Phi) is 9.41. The number of fused-ring (bicyclic) bond motifs is 4. The van der Waals surface area contributed by atoms with Crippen LogP contribution in [0.3, 0.4) is 0 Å². The van der Waals surface area contributed by atoms with Crippen molar-refractivity contribution in [3.05, 3.63) is 119 Å². The van der Waals surface area contributed by atoms with Gasteiger partial charge in [0.05, 0.1) is 24.3 Å². The van der Waals surface area contributed by atoms with Crippen LogP contribution in [0.25, 0.3) is 22.4 Å². The zero-order chi connectivity index (χ0) is 36.5. The Balaban J connectivity index is 1.18. The number of amides is 2. The number of likely N-dealkylation sites (tertiary alicyclic amines) is 1. The van der Waals surface area contributed by atoms with E-state index >= 15 is 0 Å². The lowest BCUT2D eigenvalue weighted by atomic mass is 9.78. The number of sulfonamides is 1. The zero-order valence-corrected chi connectivity index (χ0v) is 30.0. The molecule has 1 fully saturated rings. The molecule has 1 aromatic heterocycles. The van der Waals surface area contributed by atoms with Gasteiger partial charge in [-0.15, -0.1) is 0 Å². The summed E-state index contributed by atoms with van der Waals surface area (Å²) in [4.78, 5) is 38.0. The first-order valence-corrected chi connectivity index (χ1v) is 18.5. The quantitative estimate of drug-likeness (QED) is 0.222. The minimum absolute atomic E-state index is 0.0757. The fraction of sp³-hybridized carbons (Fsp3) is 0.250. The Bertz CT molecular complexity index is 2260. The SMILES string of the molecule is COc1cccc(-c2cccc(C(=O)N3CCC4(CC3)CNC(=O)c3cccc(c3)S(=O)(=O)Nc3nc(cc(-c5c(C)cccc5C)n3)OC4)c2)c1. The standard InChI is InChI=1S/C40H39N5O6S/c1-26-8-4-9-27(2)36(26)34-23-35-43-39(42-34)44-52(48,49)33-15-7-12-30(22-33)37(46)41-24-40(25-51-35)16-18-45(19-17-40)38(47)31-13-5-10-28(20-31)29-11-6-14-32(21-29)50-3/h4-15,20-23H,16-19,24-25H2,1-3H3,(H,41,46)(H,42,43,44). The van der Waals surface area contributed by atoms with Gasteiger partial charge in [-0.1, -0.05) is 48.5 Å². The third-order valence-corrected chi connectivity index (χ3v) is 11.2. The summed E-state index contributed by atoms with van der Waals surface area (Å²) in [5, 5.41) is 3.02. The second kappa shape index (κ2) is 14.1. The molecule has 4 bridgehead atoms. The average Bonchev–Trinajstić information content (AvgIpc) is 3.16. The minimum Gasteiger partial charge on any atom is -0.497 e. The van der Waals surface area contributed by atoms with E-state index < -0.39 is 21.3 Å². The van der Waals surface area contributed by atoms with Crippen LogP contribution >= 0.6 is 0 Å². The van der Waals surface area contributed by atoms with E-state index in [9.17, 15) is 18.0 Å². The van der Waals surface area contributed by atoms with E-state index in [1.54, 1.807) is 19.2 Å². The smallest absolute Gasteiger partial charge is 0.264 e. The normalized spacial score (nSPS) is 16.5. The van der Waals surface area contributed by atoms with Crippen molar-refractivity contribution in [1.29, 1.82) is 0 Å². The molecule has 4 aromatic carbocycles. The number of benzene rings is 4. The van der Waals surface area contributed by atoms with E-state index in [-0.39, 0.29) is 41.3 Å². The second-order valence-corrected chi connectivity index (χ2v) is 15.1. The first kappa shape index (κ1) is 34.7. The highest BCUT2D eigenvalue weighted by Crippen LogP contribution is 2.35. The first-order valence-electron chi connectivity index (χ1n) is 17.1. The number of carbonyl (C=O) groups excluding carboxylic acids is 2. The summed E-state index contributed by atoms with van der Waals surface area (Å²) in [6.07, 6.45) is 1.09. The van der Waals surface area contributed by atoms with E-state index in [0.29, 0.717) is 37.2 Å². The van der Waals surface area contributed by atoms with Gasteiger partial charge in [0.15, 0.2) is 0 Å². The van der Waals surface area contributed by atoms with Gasteiger partial charge in [0, 0.05) is 47.8 Å². The Morgan fingerprint density at radius 1 is 0.846 bits per heavy atom. The maximum atomic E-state index is 13.8. The van der Waals surface area contributed by atoms with Crippen molar-refractivity contribution >= 4 is 27.8 Å². The van der Waals surface area contributed by atoms with Crippen LogP contribution in [-0.4, -0.2) is 68.5 Å². The number of piperidine rings is 1. The third-order valence-electron chi connectivity index (χ3n) is 9.85. The van der Waals surface area contributed by atoms with Crippen LogP contribution in [0.5, 0.6) is 11.6 Å². The van der Waals surface area contributed by atoms with Gasteiger partial charge >= 0.3 is 0 Å². The molecule has 2 aliphatic rings. The molecule has 0 atom stereocenters. The summed E-state index contributed by atoms with van der Waals surface area (Å²) >= 11 is 0. The monoisotopic (exact) mass is 717 g/mol. The lowest BCUT2D eigenvalue weighted by Crippen LogP contribution is -2.50. The van der Waals surface area contributed by atoms with Crippen molar-refractivity contribution in [3.63, 3.8) is 0 Å². The van der Waals surface area contributed by atoms with Crippen LogP contribution in [0.2, 0.25) is 0 Å². The van der Waals surface area contributed by atoms with Gasteiger partial charge in [0.1, 0.15) is 5.75 Å². The number of aryl methyl sites for hydroxylation is 2. The van der Waals surface area contributed by atoms with Gasteiger partial charge in [-0.3, -0.25) is 9.59 Å². The average molecular weight is 718 g/mol. The molecule has 7 rings (SSSR count). The van der Waals surface area contributed by atoms with Gasteiger partial charge in [0.25, 0.3) is 21.8 Å². The molecule has 266 valence electrons. The number of methoxy groups -OCH3 is 1. The number of hydrogen-bond acceptors (Lipinski definition) is 8. The summed E-state index contributed by atoms with van der Waals surface area (Å²) in [5.74, 6) is 0.297. The number of nitrogens with one attached hydrogen (secondary N) is 2. The van der Waals surface area contributed by atoms with Crippen molar-refractivity contribution in [2.24, 2.45) is 5.41 Å². The predicted octanol–water partition coefficient (Wildman–Crippen LogP) is 6.28. The molecule has 3 heterocycles. The molecular formula is C40H39N5O6S. The van der Waals surface area contributed by atoms with Crippen LogP contribution < -0.4 is 19.5 Å². The molecular weight excluding hydrogens is 679 g/mol. The lowest BCUT2D eigenvalue weighted by Gasteiger charge is -2.41. The third kappa shape index (κ3) is 7.20. The van der Waals surface area contributed by atoms with Gasteiger partial charge < -0.3 is 19.7 Å². The highest BCUT2D eigenvalue weighted by atomic mass is 32.2. The number of hydrogen-bond donors (Lipinski definition) is 2. The summed E-state index contributed by atoms with van der Waals surface area (Å²) in [6, 6.07) is 28.7. The van der Waals surface area contributed by atoms with Gasteiger partial charge in [0.2, 0.25) is 11.8 Å². The molecule has 2 aliphatic heterocycles. The van der Waals surface area contributed by atoms with E-state index in [4.69, 9.17) is 9.47 Å². The van der Waals surface area contributed by atoms with Crippen molar-refractivity contribution in [2.45, 2.75) is 31.6 Å². The maximum absolute atomic E-state index is 13.8. The van der Waals surface area contributed by atoms with Crippen molar-refractivity contribution in [2.75, 3.05) is 38.1 Å². The number of nitrogens with zero attached hydrogens (tertiary/aromatic N) is 3.